The van der Waals surface area contributed by atoms with Gasteiger partial charge in [-0.15, -0.1) is 0 Å². The number of anilines is 2. The van der Waals surface area contributed by atoms with E-state index in [1.807, 2.05) is 43.3 Å². The first-order valence-electron chi connectivity index (χ1n) is 8.81. The predicted octanol–water partition coefficient (Wildman–Crippen LogP) is 2.38. The minimum Gasteiger partial charge on any atom is -0.360 e. The average molecular weight is 359 g/mol. The molecule has 1 amide bonds. The van der Waals surface area contributed by atoms with Crippen molar-refractivity contribution in [2.24, 2.45) is 0 Å². The van der Waals surface area contributed by atoms with Gasteiger partial charge in [0.25, 0.3) is 0 Å². The molecule has 5 heteroatoms. The van der Waals surface area contributed by atoms with Crippen LogP contribution in [0.5, 0.6) is 0 Å². The van der Waals surface area contributed by atoms with E-state index in [4.69, 9.17) is 11.6 Å². The molecular weight excluding hydrogens is 334 g/mol. The Morgan fingerprint density at radius 3 is 2.36 bits per heavy atom. The minimum atomic E-state index is 0.0940. The Morgan fingerprint density at radius 1 is 1.08 bits per heavy atom. The molecular formula is C20H25ClN3O+. The van der Waals surface area contributed by atoms with E-state index in [0.717, 1.165) is 43.4 Å². The summed E-state index contributed by atoms with van der Waals surface area (Å²) in [5, 5.41) is 3.74. The molecule has 0 radical (unpaired) electrons. The van der Waals surface area contributed by atoms with Gasteiger partial charge in [0, 0.05) is 16.4 Å². The zero-order valence-electron chi connectivity index (χ0n) is 14.6. The van der Waals surface area contributed by atoms with Crippen LogP contribution in [0.25, 0.3) is 0 Å². The van der Waals surface area contributed by atoms with Crippen molar-refractivity contribution in [1.29, 1.82) is 0 Å². The van der Waals surface area contributed by atoms with Crippen LogP contribution < -0.4 is 15.1 Å². The van der Waals surface area contributed by atoms with Crippen molar-refractivity contribution in [3.63, 3.8) is 0 Å². The quantitative estimate of drug-likeness (QED) is 0.861. The van der Waals surface area contributed by atoms with Crippen molar-refractivity contribution in [3.05, 3.63) is 59.1 Å². The number of piperazine rings is 1. The lowest BCUT2D eigenvalue weighted by Crippen LogP contribution is -3.15. The van der Waals surface area contributed by atoms with Crippen molar-refractivity contribution in [3.8, 4) is 0 Å². The van der Waals surface area contributed by atoms with Crippen LogP contribution in [0.1, 0.15) is 12.0 Å². The maximum Gasteiger partial charge on any atom is 0.230 e. The van der Waals surface area contributed by atoms with Gasteiger partial charge in [-0.2, -0.15) is 0 Å². The zero-order valence-corrected chi connectivity index (χ0v) is 15.4. The fraction of sp³-hybridized carbons (Fsp3) is 0.350. The molecule has 1 saturated heterocycles. The van der Waals surface area contributed by atoms with Crippen molar-refractivity contribution in [2.45, 2.75) is 13.3 Å². The monoisotopic (exact) mass is 358 g/mol. The fourth-order valence-electron chi connectivity index (χ4n) is 3.13. The van der Waals surface area contributed by atoms with Gasteiger partial charge in [0.05, 0.1) is 39.1 Å². The van der Waals surface area contributed by atoms with E-state index in [-0.39, 0.29) is 5.91 Å². The van der Waals surface area contributed by atoms with Gasteiger partial charge in [0.1, 0.15) is 0 Å². The van der Waals surface area contributed by atoms with Crippen LogP contribution in [0, 0.1) is 6.92 Å². The average Bonchev–Trinajstić information content (AvgIpc) is 2.63. The highest BCUT2D eigenvalue weighted by molar-refractivity contribution is 6.30. The number of quaternary nitrogens is 1. The molecule has 0 saturated carbocycles. The van der Waals surface area contributed by atoms with Gasteiger partial charge in [0.2, 0.25) is 5.91 Å². The highest BCUT2D eigenvalue weighted by Crippen LogP contribution is 2.17. The third-order valence-corrected chi connectivity index (χ3v) is 4.96. The Hall–Kier alpha value is -2.04. The molecule has 2 aromatic rings. The Labute approximate surface area is 154 Å². The first-order valence-corrected chi connectivity index (χ1v) is 9.18. The molecule has 0 atom stereocenters. The Kier molecular flexibility index (Phi) is 5.95. The number of hydrogen-bond acceptors (Lipinski definition) is 2. The Morgan fingerprint density at radius 2 is 1.72 bits per heavy atom. The van der Waals surface area contributed by atoms with Crippen molar-refractivity contribution >= 4 is 28.9 Å². The molecule has 1 fully saturated rings. The van der Waals surface area contributed by atoms with E-state index in [0.29, 0.717) is 6.42 Å². The Balaban J connectivity index is 1.40. The number of carbonyl (C=O) groups is 1. The van der Waals surface area contributed by atoms with E-state index in [9.17, 15) is 4.79 Å². The van der Waals surface area contributed by atoms with E-state index in [2.05, 4.69) is 22.3 Å². The van der Waals surface area contributed by atoms with Gasteiger partial charge in [-0.05, 0) is 43.3 Å². The summed E-state index contributed by atoms with van der Waals surface area (Å²) < 4.78 is 0. The highest BCUT2D eigenvalue weighted by atomic mass is 35.5. The summed E-state index contributed by atoms with van der Waals surface area (Å²) >= 11 is 5.95. The first-order chi connectivity index (χ1) is 12.1. The summed E-state index contributed by atoms with van der Waals surface area (Å²) in [7, 11) is 0. The predicted molar refractivity (Wildman–Crippen MR) is 104 cm³/mol. The van der Waals surface area contributed by atoms with Crippen LogP contribution in [-0.2, 0) is 4.79 Å². The van der Waals surface area contributed by atoms with Crippen LogP contribution in [0.2, 0.25) is 5.02 Å². The third-order valence-electron chi connectivity index (χ3n) is 4.70. The third kappa shape index (κ3) is 5.21. The molecule has 0 bridgehead atoms. The van der Waals surface area contributed by atoms with Crippen molar-refractivity contribution < 1.29 is 9.69 Å². The van der Waals surface area contributed by atoms with E-state index in [1.54, 1.807) is 0 Å². The number of aryl methyl sites for hydroxylation is 1. The molecule has 132 valence electrons. The smallest absolute Gasteiger partial charge is 0.230 e. The van der Waals surface area contributed by atoms with Gasteiger partial charge < -0.3 is 15.1 Å². The molecule has 3 rings (SSSR count). The minimum absolute atomic E-state index is 0.0940. The number of nitrogens with one attached hydrogen (secondary N) is 2. The highest BCUT2D eigenvalue weighted by Gasteiger charge is 2.20. The first kappa shape index (κ1) is 17.8. The molecule has 25 heavy (non-hydrogen) atoms. The van der Waals surface area contributed by atoms with Gasteiger partial charge in [-0.3, -0.25) is 4.79 Å². The summed E-state index contributed by atoms with van der Waals surface area (Å²) in [4.78, 5) is 16.0. The SMILES string of the molecule is Cc1ccc(NC(=O)CC[NH+]2CCN(c3ccc(Cl)cc3)CC2)cc1. The van der Waals surface area contributed by atoms with Gasteiger partial charge in [-0.25, -0.2) is 0 Å². The standard InChI is InChI=1S/C20H24ClN3O/c1-16-2-6-18(7-3-16)22-20(25)10-11-23-12-14-24(15-13-23)19-8-4-17(21)5-9-19/h2-9H,10-15H2,1H3,(H,22,25)/p+1. The molecule has 4 nitrogen and oxygen atoms in total. The van der Waals surface area contributed by atoms with Gasteiger partial charge >= 0.3 is 0 Å². The molecule has 1 aliphatic heterocycles. The van der Waals surface area contributed by atoms with E-state index in [1.165, 1.54) is 16.2 Å². The van der Waals surface area contributed by atoms with Gasteiger partial charge in [-0.1, -0.05) is 29.3 Å². The van der Waals surface area contributed by atoms with Crippen LogP contribution in [0.4, 0.5) is 11.4 Å². The van der Waals surface area contributed by atoms with Crippen LogP contribution in [0.3, 0.4) is 0 Å². The second kappa shape index (κ2) is 8.37. The Bertz CT molecular complexity index is 692. The topological polar surface area (TPSA) is 36.8 Å². The second-order valence-electron chi connectivity index (χ2n) is 6.63. The number of benzene rings is 2. The zero-order chi connectivity index (χ0) is 17.6. The molecule has 0 aromatic heterocycles. The van der Waals surface area contributed by atoms with Crippen LogP contribution >= 0.6 is 11.6 Å². The normalized spacial score (nSPS) is 15.2. The maximum atomic E-state index is 12.1. The summed E-state index contributed by atoms with van der Waals surface area (Å²) in [6.07, 6.45) is 0.560. The summed E-state index contributed by atoms with van der Waals surface area (Å²) in [6, 6.07) is 15.9. The lowest BCUT2D eigenvalue weighted by atomic mass is 10.2. The number of nitrogens with zero attached hydrogens (tertiary/aromatic N) is 1. The summed E-state index contributed by atoms with van der Waals surface area (Å²) in [6.45, 7) is 7.05. The molecule has 2 aromatic carbocycles. The summed E-state index contributed by atoms with van der Waals surface area (Å²) in [5.74, 6) is 0.0940. The van der Waals surface area contributed by atoms with Gasteiger partial charge in [0.15, 0.2) is 0 Å². The molecule has 2 N–H and O–H groups in total. The number of amides is 1. The molecule has 0 aliphatic carbocycles. The number of rotatable bonds is 5. The van der Waals surface area contributed by atoms with Crippen molar-refractivity contribution in [2.75, 3.05) is 42.9 Å². The summed E-state index contributed by atoms with van der Waals surface area (Å²) in [5.41, 5.74) is 3.29. The van der Waals surface area contributed by atoms with Crippen LogP contribution in [0.15, 0.2) is 48.5 Å². The molecule has 0 unspecified atom stereocenters. The largest absolute Gasteiger partial charge is 0.360 e. The second-order valence-corrected chi connectivity index (χ2v) is 7.06. The number of carbonyl (C=O) groups excluding carboxylic acids is 1. The number of hydrogen-bond donors (Lipinski definition) is 2. The van der Waals surface area contributed by atoms with E-state index < -0.39 is 0 Å². The number of halogens is 1. The van der Waals surface area contributed by atoms with E-state index >= 15 is 0 Å². The maximum absolute atomic E-state index is 12.1. The molecule has 1 heterocycles. The fourth-order valence-corrected chi connectivity index (χ4v) is 3.26. The lowest BCUT2D eigenvalue weighted by molar-refractivity contribution is -0.900. The van der Waals surface area contributed by atoms with Crippen molar-refractivity contribution in [1.82, 2.24) is 0 Å². The molecule has 1 aliphatic rings. The molecule has 0 spiro atoms. The lowest BCUT2D eigenvalue weighted by Gasteiger charge is -2.33. The van der Waals surface area contributed by atoms with Crippen LogP contribution in [-0.4, -0.2) is 38.6 Å².